The van der Waals surface area contributed by atoms with Crippen LogP contribution in [-0.4, -0.2) is 45.9 Å². The summed E-state index contributed by atoms with van der Waals surface area (Å²) >= 11 is 7.23. The third kappa shape index (κ3) is 4.76. The smallest absolute Gasteiger partial charge is 0.238 e. The largest absolute Gasteiger partial charge is 0.343 e. The number of hydrogen-bond donors (Lipinski definition) is 2. The summed E-state index contributed by atoms with van der Waals surface area (Å²) < 4.78 is 0. The molecule has 2 N–H and O–H groups in total. The molecule has 1 aromatic heterocycles. The Bertz CT molecular complexity index is 961. The monoisotopic (exact) mass is 444 g/mol. The van der Waals surface area contributed by atoms with Gasteiger partial charge in [0.1, 0.15) is 5.82 Å². The highest BCUT2D eigenvalue weighted by atomic mass is 35.5. The number of rotatable bonds is 4. The van der Waals surface area contributed by atoms with Crippen molar-refractivity contribution in [3.8, 4) is 0 Å². The van der Waals surface area contributed by atoms with Crippen LogP contribution in [0.25, 0.3) is 0 Å². The minimum Gasteiger partial charge on any atom is -0.343 e. The normalized spacial score (nSPS) is 19.0. The van der Waals surface area contributed by atoms with E-state index >= 15 is 0 Å². The summed E-state index contributed by atoms with van der Waals surface area (Å²) in [4.78, 5) is 44.3. The third-order valence-electron chi connectivity index (χ3n) is 5.26. The number of para-hydroxylation sites is 1. The van der Waals surface area contributed by atoms with Crippen LogP contribution >= 0.6 is 23.4 Å². The van der Waals surface area contributed by atoms with E-state index in [1.54, 1.807) is 17.0 Å². The molecule has 0 radical (unpaired) electrons. The SMILES string of the molecule is O=C(Nc1ccc(Cl)cn1)C1CCN(C(=O)CC2Sc3ccccc3NC2=O)CC1. The summed E-state index contributed by atoms with van der Waals surface area (Å²) in [5.74, 6) is -0.0120. The van der Waals surface area contributed by atoms with Gasteiger partial charge in [0.25, 0.3) is 0 Å². The maximum Gasteiger partial charge on any atom is 0.238 e. The van der Waals surface area contributed by atoms with Crippen LogP contribution in [0.4, 0.5) is 11.5 Å². The number of likely N-dealkylation sites (tertiary alicyclic amines) is 1. The molecule has 1 atom stereocenters. The molecule has 2 aromatic rings. The van der Waals surface area contributed by atoms with Crippen molar-refractivity contribution in [2.45, 2.75) is 29.4 Å². The van der Waals surface area contributed by atoms with Gasteiger partial charge in [0.2, 0.25) is 17.7 Å². The Morgan fingerprint density at radius 3 is 2.70 bits per heavy atom. The number of nitrogens with one attached hydrogen (secondary N) is 2. The average molecular weight is 445 g/mol. The second kappa shape index (κ2) is 9.06. The zero-order valence-corrected chi connectivity index (χ0v) is 17.7. The van der Waals surface area contributed by atoms with E-state index in [0.29, 0.717) is 36.8 Å². The molecule has 7 nitrogen and oxygen atoms in total. The van der Waals surface area contributed by atoms with Crippen LogP contribution < -0.4 is 10.6 Å². The lowest BCUT2D eigenvalue weighted by molar-refractivity contribution is -0.135. The molecule has 2 aliphatic rings. The number of pyridine rings is 1. The van der Waals surface area contributed by atoms with E-state index in [4.69, 9.17) is 11.6 Å². The van der Waals surface area contributed by atoms with Gasteiger partial charge in [-0.3, -0.25) is 14.4 Å². The minimum absolute atomic E-state index is 0.0553. The van der Waals surface area contributed by atoms with Gasteiger partial charge < -0.3 is 15.5 Å². The van der Waals surface area contributed by atoms with Gasteiger partial charge in [-0.2, -0.15) is 0 Å². The van der Waals surface area contributed by atoms with Gasteiger partial charge in [-0.25, -0.2) is 4.98 Å². The molecule has 3 amide bonds. The van der Waals surface area contributed by atoms with E-state index in [-0.39, 0.29) is 30.1 Å². The second-order valence-electron chi connectivity index (χ2n) is 7.30. The molecule has 156 valence electrons. The predicted molar refractivity (Wildman–Crippen MR) is 117 cm³/mol. The van der Waals surface area contributed by atoms with Gasteiger partial charge in [0.05, 0.1) is 16.0 Å². The van der Waals surface area contributed by atoms with Crippen LogP contribution in [0.5, 0.6) is 0 Å². The summed E-state index contributed by atoms with van der Waals surface area (Å²) in [5, 5.41) is 5.73. The van der Waals surface area contributed by atoms with Crippen LogP contribution in [0.3, 0.4) is 0 Å². The first-order chi connectivity index (χ1) is 14.5. The number of carbonyl (C=O) groups is 3. The van der Waals surface area contributed by atoms with Crippen molar-refractivity contribution in [2.24, 2.45) is 5.92 Å². The predicted octanol–water partition coefficient (Wildman–Crippen LogP) is 3.42. The van der Waals surface area contributed by atoms with Gasteiger partial charge in [-0.05, 0) is 37.1 Å². The highest BCUT2D eigenvalue weighted by Gasteiger charge is 2.32. The number of aromatic nitrogens is 1. The third-order valence-corrected chi connectivity index (χ3v) is 6.76. The van der Waals surface area contributed by atoms with Gasteiger partial charge in [0.15, 0.2) is 0 Å². The van der Waals surface area contributed by atoms with E-state index in [1.807, 2.05) is 24.3 Å². The van der Waals surface area contributed by atoms with Gasteiger partial charge >= 0.3 is 0 Å². The number of amides is 3. The van der Waals surface area contributed by atoms with Crippen molar-refractivity contribution in [3.63, 3.8) is 0 Å². The Morgan fingerprint density at radius 2 is 1.97 bits per heavy atom. The van der Waals surface area contributed by atoms with E-state index in [0.717, 1.165) is 10.6 Å². The van der Waals surface area contributed by atoms with Gasteiger partial charge in [-0.15, -0.1) is 11.8 Å². The Morgan fingerprint density at radius 1 is 1.20 bits per heavy atom. The van der Waals surface area contributed by atoms with Crippen LogP contribution in [0.15, 0.2) is 47.5 Å². The first-order valence-electron chi connectivity index (χ1n) is 9.76. The molecule has 3 heterocycles. The summed E-state index contributed by atoms with van der Waals surface area (Å²) in [6.45, 7) is 1.00. The average Bonchev–Trinajstić information content (AvgIpc) is 2.76. The van der Waals surface area contributed by atoms with Crippen LogP contribution in [0.2, 0.25) is 5.02 Å². The molecule has 4 rings (SSSR count). The Balaban J connectivity index is 1.27. The van der Waals surface area contributed by atoms with Crippen molar-refractivity contribution >= 4 is 52.6 Å². The number of carbonyl (C=O) groups excluding carboxylic acids is 3. The fraction of sp³-hybridized carbons (Fsp3) is 0.333. The molecule has 9 heteroatoms. The van der Waals surface area contributed by atoms with Crippen molar-refractivity contribution in [1.82, 2.24) is 9.88 Å². The second-order valence-corrected chi connectivity index (χ2v) is 8.98. The number of nitrogens with zero attached hydrogens (tertiary/aromatic N) is 2. The van der Waals surface area contributed by atoms with Crippen molar-refractivity contribution in [2.75, 3.05) is 23.7 Å². The summed E-state index contributed by atoms with van der Waals surface area (Å²) in [6, 6.07) is 10.9. The fourth-order valence-electron chi connectivity index (χ4n) is 3.58. The van der Waals surface area contributed by atoms with Crippen molar-refractivity contribution < 1.29 is 14.4 Å². The number of anilines is 2. The first kappa shape index (κ1) is 20.7. The molecular formula is C21H21ClN4O3S. The highest BCUT2D eigenvalue weighted by Crippen LogP contribution is 2.37. The fourth-order valence-corrected chi connectivity index (χ4v) is 4.80. The number of halogens is 1. The molecule has 1 unspecified atom stereocenters. The van der Waals surface area contributed by atoms with Crippen LogP contribution in [-0.2, 0) is 14.4 Å². The molecule has 0 bridgehead atoms. The maximum atomic E-state index is 12.7. The maximum absolute atomic E-state index is 12.7. The van der Waals surface area contributed by atoms with Crippen molar-refractivity contribution in [3.05, 3.63) is 47.6 Å². The molecule has 0 aliphatic carbocycles. The zero-order valence-electron chi connectivity index (χ0n) is 16.1. The van der Waals surface area contributed by atoms with Crippen LogP contribution in [0.1, 0.15) is 19.3 Å². The Labute approximate surface area is 183 Å². The van der Waals surface area contributed by atoms with Gasteiger partial charge in [-0.1, -0.05) is 23.7 Å². The van der Waals surface area contributed by atoms with Gasteiger partial charge in [0, 0.05) is 36.5 Å². The molecule has 1 saturated heterocycles. The number of hydrogen-bond acceptors (Lipinski definition) is 5. The standard InChI is InChI=1S/C21H21ClN4O3S/c22-14-5-6-18(23-12-14)25-20(28)13-7-9-26(10-8-13)19(27)11-17-21(29)24-15-3-1-2-4-16(15)30-17/h1-6,12-13,17H,7-11H2,(H,24,29)(H,23,25,28). The lowest BCUT2D eigenvalue weighted by Crippen LogP contribution is -2.43. The molecular weight excluding hydrogens is 424 g/mol. The van der Waals surface area contributed by atoms with Crippen LogP contribution in [0, 0.1) is 5.92 Å². The van der Waals surface area contributed by atoms with E-state index in [1.165, 1.54) is 18.0 Å². The lowest BCUT2D eigenvalue weighted by atomic mass is 9.95. The number of piperidine rings is 1. The van der Waals surface area contributed by atoms with E-state index < -0.39 is 5.25 Å². The number of benzene rings is 1. The lowest BCUT2D eigenvalue weighted by Gasteiger charge is -2.32. The Hall–Kier alpha value is -2.58. The molecule has 1 aromatic carbocycles. The highest BCUT2D eigenvalue weighted by molar-refractivity contribution is 8.01. The van der Waals surface area contributed by atoms with E-state index in [9.17, 15) is 14.4 Å². The molecule has 30 heavy (non-hydrogen) atoms. The summed E-state index contributed by atoms with van der Waals surface area (Å²) in [5.41, 5.74) is 0.790. The van der Waals surface area contributed by atoms with Crippen molar-refractivity contribution in [1.29, 1.82) is 0 Å². The molecule has 0 spiro atoms. The summed E-state index contributed by atoms with van der Waals surface area (Å²) in [7, 11) is 0. The number of fused-ring (bicyclic) bond motifs is 1. The zero-order chi connectivity index (χ0) is 21.1. The first-order valence-corrected chi connectivity index (χ1v) is 11.0. The number of thioether (sulfide) groups is 1. The topological polar surface area (TPSA) is 91.4 Å². The Kier molecular flexibility index (Phi) is 6.24. The van der Waals surface area contributed by atoms with E-state index in [2.05, 4.69) is 15.6 Å². The molecule has 2 aliphatic heterocycles. The minimum atomic E-state index is -0.440. The summed E-state index contributed by atoms with van der Waals surface area (Å²) in [6.07, 6.45) is 2.79. The molecule has 1 fully saturated rings. The molecule has 0 saturated carbocycles. The quantitative estimate of drug-likeness (QED) is 0.754.